The molecule has 0 aliphatic carbocycles. The van der Waals surface area contributed by atoms with Gasteiger partial charge >= 0.3 is 0 Å². The molecule has 122 valence electrons. The van der Waals surface area contributed by atoms with Gasteiger partial charge in [0.2, 0.25) is 0 Å². The van der Waals surface area contributed by atoms with Crippen LogP contribution in [0.15, 0.2) is 36.4 Å². The minimum absolute atomic E-state index is 0.209. The van der Waals surface area contributed by atoms with Crippen molar-refractivity contribution in [2.75, 3.05) is 12.3 Å². The van der Waals surface area contributed by atoms with Crippen LogP contribution >= 0.6 is 35.0 Å². The summed E-state index contributed by atoms with van der Waals surface area (Å²) in [7, 11) is 0. The number of carbonyl (C=O) groups is 1. The molecule has 0 bridgehead atoms. The van der Waals surface area contributed by atoms with Crippen LogP contribution < -0.4 is 5.32 Å². The van der Waals surface area contributed by atoms with Crippen LogP contribution in [-0.4, -0.2) is 18.2 Å². The molecule has 0 aliphatic heterocycles. The summed E-state index contributed by atoms with van der Waals surface area (Å²) in [6.45, 7) is 2.39. The van der Waals surface area contributed by atoms with Gasteiger partial charge in [-0.1, -0.05) is 35.3 Å². The molecule has 23 heavy (non-hydrogen) atoms. The highest BCUT2D eigenvalue weighted by molar-refractivity contribution is 7.98. The predicted octanol–water partition coefficient (Wildman–Crippen LogP) is 5.10. The van der Waals surface area contributed by atoms with Crippen LogP contribution in [0.5, 0.6) is 0 Å². The molecule has 1 N–H and O–H groups in total. The quantitative estimate of drug-likeness (QED) is 0.715. The van der Waals surface area contributed by atoms with Crippen molar-refractivity contribution < 1.29 is 9.18 Å². The zero-order valence-corrected chi connectivity index (χ0v) is 14.9. The summed E-state index contributed by atoms with van der Waals surface area (Å²) in [5.41, 5.74) is 1.95. The Morgan fingerprint density at radius 1 is 1.22 bits per heavy atom. The second-order valence-electron chi connectivity index (χ2n) is 4.99. The fourth-order valence-corrected chi connectivity index (χ4v) is 3.50. The standard InChI is InChI=1S/C17H16Cl2FNOS/c1-11-5-6-12(15(19)9-11)17(22)21-7-8-23-10-13-14(18)3-2-4-16(13)20/h2-6,9H,7-8,10H2,1H3,(H,21,22). The SMILES string of the molecule is Cc1ccc(C(=O)NCCSCc2c(F)cccc2Cl)c(Cl)c1. The number of thioether (sulfide) groups is 1. The lowest BCUT2D eigenvalue weighted by molar-refractivity contribution is 0.0956. The number of carbonyl (C=O) groups excluding carboxylic acids is 1. The lowest BCUT2D eigenvalue weighted by Gasteiger charge is -2.08. The van der Waals surface area contributed by atoms with Gasteiger partial charge < -0.3 is 5.32 Å². The van der Waals surface area contributed by atoms with Gasteiger partial charge in [0.1, 0.15) is 5.82 Å². The fourth-order valence-electron chi connectivity index (χ4n) is 1.98. The number of aryl methyl sites for hydroxylation is 1. The Morgan fingerprint density at radius 2 is 2.00 bits per heavy atom. The molecule has 0 fully saturated rings. The van der Waals surface area contributed by atoms with E-state index in [4.69, 9.17) is 23.2 Å². The monoisotopic (exact) mass is 371 g/mol. The first-order chi connectivity index (χ1) is 11.0. The number of amides is 1. The van der Waals surface area contributed by atoms with Gasteiger partial charge in [-0.15, -0.1) is 0 Å². The highest BCUT2D eigenvalue weighted by Crippen LogP contribution is 2.23. The number of hydrogen-bond donors (Lipinski definition) is 1. The van der Waals surface area contributed by atoms with E-state index < -0.39 is 0 Å². The second kappa shape index (κ2) is 8.57. The number of nitrogens with one attached hydrogen (secondary N) is 1. The van der Waals surface area contributed by atoms with E-state index in [1.807, 2.05) is 13.0 Å². The van der Waals surface area contributed by atoms with Crippen LogP contribution in [0, 0.1) is 12.7 Å². The molecule has 2 aromatic carbocycles. The summed E-state index contributed by atoms with van der Waals surface area (Å²) in [6, 6.07) is 9.95. The van der Waals surface area contributed by atoms with Crippen LogP contribution in [0.4, 0.5) is 4.39 Å². The summed E-state index contributed by atoms with van der Waals surface area (Å²) >= 11 is 13.5. The molecule has 0 saturated heterocycles. The van der Waals surface area contributed by atoms with Crippen LogP contribution in [0.2, 0.25) is 10.0 Å². The van der Waals surface area contributed by atoms with Crippen LogP contribution in [0.25, 0.3) is 0 Å². The molecule has 0 unspecified atom stereocenters. The third kappa shape index (κ3) is 5.13. The summed E-state index contributed by atoms with van der Waals surface area (Å²) < 4.78 is 13.6. The lowest BCUT2D eigenvalue weighted by atomic mass is 10.1. The molecule has 2 aromatic rings. The first-order valence-corrected chi connectivity index (χ1v) is 8.95. The number of rotatable bonds is 6. The zero-order chi connectivity index (χ0) is 16.8. The lowest BCUT2D eigenvalue weighted by Crippen LogP contribution is -2.26. The molecular weight excluding hydrogens is 356 g/mol. The first-order valence-electron chi connectivity index (χ1n) is 7.04. The van der Waals surface area contributed by atoms with E-state index >= 15 is 0 Å². The number of hydrogen-bond acceptors (Lipinski definition) is 2. The molecule has 2 nitrogen and oxygen atoms in total. The van der Waals surface area contributed by atoms with Crippen LogP contribution in [0.1, 0.15) is 21.5 Å². The Labute approximate surface area is 149 Å². The molecule has 0 aliphatic rings. The minimum Gasteiger partial charge on any atom is -0.351 e. The highest BCUT2D eigenvalue weighted by atomic mass is 35.5. The third-order valence-corrected chi connectivity index (χ3v) is 4.86. The maximum Gasteiger partial charge on any atom is 0.252 e. The average Bonchev–Trinajstić information content (AvgIpc) is 2.49. The van der Waals surface area contributed by atoms with Gasteiger partial charge in [0.25, 0.3) is 5.91 Å². The van der Waals surface area contributed by atoms with E-state index in [1.54, 1.807) is 24.3 Å². The Balaban J connectivity index is 1.78. The van der Waals surface area contributed by atoms with E-state index in [2.05, 4.69) is 5.32 Å². The predicted molar refractivity (Wildman–Crippen MR) is 96.1 cm³/mol. The Kier molecular flexibility index (Phi) is 6.75. The van der Waals surface area contributed by atoms with Crippen molar-refractivity contribution in [3.8, 4) is 0 Å². The largest absolute Gasteiger partial charge is 0.351 e. The number of benzene rings is 2. The van der Waals surface area contributed by atoms with Crippen molar-refractivity contribution in [2.45, 2.75) is 12.7 Å². The Morgan fingerprint density at radius 3 is 2.70 bits per heavy atom. The van der Waals surface area contributed by atoms with Crippen LogP contribution in [-0.2, 0) is 5.75 Å². The normalized spacial score (nSPS) is 10.6. The summed E-state index contributed by atoms with van der Waals surface area (Å²) in [4.78, 5) is 12.0. The van der Waals surface area contributed by atoms with Crippen molar-refractivity contribution in [1.82, 2.24) is 5.32 Å². The van der Waals surface area contributed by atoms with Gasteiger partial charge in [0, 0.05) is 28.6 Å². The minimum atomic E-state index is -0.305. The zero-order valence-electron chi connectivity index (χ0n) is 12.5. The first kappa shape index (κ1) is 18.1. The highest BCUT2D eigenvalue weighted by Gasteiger charge is 2.10. The number of halogens is 3. The summed E-state index contributed by atoms with van der Waals surface area (Å²) in [5.74, 6) is 0.604. The van der Waals surface area contributed by atoms with E-state index in [1.165, 1.54) is 17.8 Å². The van der Waals surface area contributed by atoms with E-state index in [0.29, 0.717) is 39.2 Å². The molecule has 1 amide bonds. The third-order valence-electron chi connectivity index (χ3n) is 3.21. The van der Waals surface area contributed by atoms with Crippen molar-refractivity contribution >= 4 is 40.9 Å². The Bertz CT molecular complexity index is 689. The molecular formula is C17H16Cl2FNOS. The van der Waals surface area contributed by atoms with E-state index in [-0.39, 0.29) is 11.7 Å². The Hall–Kier alpha value is -1.23. The molecule has 0 atom stereocenters. The van der Waals surface area contributed by atoms with Crippen LogP contribution in [0.3, 0.4) is 0 Å². The molecule has 2 rings (SSSR count). The van der Waals surface area contributed by atoms with E-state index in [0.717, 1.165) is 5.56 Å². The molecule has 0 radical (unpaired) electrons. The topological polar surface area (TPSA) is 29.1 Å². The maximum atomic E-state index is 13.6. The molecule has 0 aromatic heterocycles. The summed E-state index contributed by atoms with van der Waals surface area (Å²) in [6.07, 6.45) is 0. The van der Waals surface area contributed by atoms with Gasteiger partial charge in [-0.25, -0.2) is 4.39 Å². The molecule has 0 saturated carbocycles. The van der Waals surface area contributed by atoms with Gasteiger partial charge in [-0.05, 0) is 36.8 Å². The fraction of sp³-hybridized carbons (Fsp3) is 0.235. The van der Waals surface area contributed by atoms with Gasteiger partial charge in [0.05, 0.1) is 10.6 Å². The molecule has 6 heteroatoms. The average molecular weight is 372 g/mol. The smallest absolute Gasteiger partial charge is 0.252 e. The maximum absolute atomic E-state index is 13.6. The van der Waals surface area contributed by atoms with E-state index in [9.17, 15) is 9.18 Å². The van der Waals surface area contributed by atoms with Crippen molar-refractivity contribution in [3.63, 3.8) is 0 Å². The molecule has 0 heterocycles. The second-order valence-corrected chi connectivity index (χ2v) is 6.91. The van der Waals surface area contributed by atoms with Gasteiger partial charge in [-0.3, -0.25) is 4.79 Å². The van der Waals surface area contributed by atoms with Crippen molar-refractivity contribution in [2.24, 2.45) is 0 Å². The van der Waals surface area contributed by atoms with Gasteiger partial charge in [0.15, 0.2) is 0 Å². The molecule has 0 spiro atoms. The van der Waals surface area contributed by atoms with Crippen molar-refractivity contribution in [3.05, 3.63) is 69.0 Å². The van der Waals surface area contributed by atoms with Crippen molar-refractivity contribution in [1.29, 1.82) is 0 Å². The van der Waals surface area contributed by atoms with Gasteiger partial charge in [-0.2, -0.15) is 11.8 Å². The summed E-state index contributed by atoms with van der Waals surface area (Å²) in [5, 5.41) is 3.67.